The molecule has 2 N–H and O–H groups in total. The van der Waals surface area contributed by atoms with Crippen LogP contribution in [0, 0.1) is 0 Å². The molecule has 1 unspecified atom stereocenters. The highest BCUT2D eigenvalue weighted by molar-refractivity contribution is 7.99. The van der Waals surface area contributed by atoms with Crippen molar-refractivity contribution in [3.05, 3.63) is 70.9 Å². The number of nitrogens with zero attached hydrogens (tertiary/aromatic N) is 3. The van der Waals surface area contributed by atoms with Crippen LogP contribution in [0.4, 0.5) is 11.6 Å². The molecule has 4 rings (SSSR count). The molecule has 1 amide bonds. The minimum absolute atomic E-state index is 0.215. The average Bonchev–Trinajstić information content (AvgIpc) is 3.20. The van der Waals surface area contributed by atoms with E-state index >= 15 is 0 Å². The maximum atomic E-state index is 13.6. The topological polar surface area (TPSA) is 81.1 Å². The van der Waals surface area contributed by atoms with E-state index in [1.165, 1.54) is 5.56 Å². The largest absolute Gasteiger partial charge is 0.495 e. The number of hydrogen-bond acceptors (Lipinski definition) is 6. The molecule has 8 heteroatoms. The van der Waals surface area contributed by atoms with E-state index in [9.17, 15) is 4.79 Å². The van der Waals surface area contributed by atoms with E-state index in [1.54, 1.807) is 18.9 Å². The van der Waals surface area contributed by atoms with Crippen LogP contribution < -0.4 is 15.4 Å². The number of hydrogen-bond donors (Lipinski definition) is 2. The lowest BCUT2D eigenvalue weighted by molar-refractivity contribution is -0.113. The van der Waals surface area contributed by atoms with Crippen LogP contribution in [0.1, 0.15) is 50.8 Å². The predicted octanol–water partition coefficient (Wildman–Crippen LogP) is 5.45. The second-order valence-electron chi connectivity index (χ2n) is 8.14. The number of amides is 1. The van der Waals surface area contributed by atoms with Crippen LogP contribution in [0.15, 0.2) is 65.0 Å². The second-order valence-corrected chi connectivity index (χ2v) is 9.37. The van der Waals surface area contributed by atoms with Gasteiger partial charge in [0.25, 0.3) is 5.91 Å². The van der Waals surface area contributed by atoms with E-state index < -0.39 is 6.04 Å². The Kier molecular flexibility index (Phi) is 6.74. The number of ether oxygens (including phenoxy) is 1. The molecule has 2 aromatic carbocycles. The van der Waals surface area contributed by atoms with Crippen LogP contribution in [-0.4, -0.2) is 33.5 Å². The molecule has 0 spiro atoms. The van der Waals surface area contributed by atoms with E-state index in [4.69, 9.17) is 9.84 Å². The third kappa shape index (κ3) is 4.61. The standard InChI is InChI=1S/C25H29N5O2S/c1-6-33-25-28-24-26-16(4)21(23(31)27-19-9-7-8-10-20(19)32-5)22(30(24)29-25)18-13-11-17(12-14-18)15(2)3/h7-15,22H,6H2,1-5H3,(H,27,31)(H,26,28,29). The van der Waals surface area contributed by atoms with Gasteiger partial charge in [0.05, 0.1) is 18.4 Å². The molecular weight excluding hydrogens is 434 g/mol. The Bertz CT molecular complexity index is 1180. The van der Waals surface area contributed by atoms with Crippen molar-refractivity contribution in [2.24, 2.45) is 0 Å². The predicted molar refractivity (Wildman–Crippen MR) is 133 cm³/mol. The molecule has 33 heavy (non-hydrogen) atoms. The van der Waals surface area contributed by atoms with Crippen molar-refractivity contribution in [1.29, 1.82) is 0 Å². The molecule has 0 bridgehead atoms. The van der Waals surface area contributed by atoms with E-state index in [-0.39, 0.29) is 5.91 Å². The van der Waals surface area contributed by atoms with Crippen LogP contribution >= 0.6 is 11.8 Å². The summed E-state index contributed by atoms with van der Waals surface area (Å²) in [5.41, 5.74) is 4.17. The summed E-state index contributed by atoms with van der Waals surface area (Å²) in [4.78, 5) is 18.3. The summed E-state index contributed by atoms with van der Waals surface area (Å²) in [6.07, 6.45) is 0. The molecule has 1 aliphatic rings. The van der Waals surface area contributed by atoms with Crippen molar-refractivity contribution in [1.82, 2.24) is 14.8 Å². The van der Waals surface area contributed by atoms with Crippen molar-refractivity contribution < 1.29 is 9.53 Å². The number of anilines is 2. The van der Waals surface area contributed by atoms with Crippen LogP contribution in [0.2, 0.25) is 0 Å². The first-order chi connectivity index (χ1) is 15.9. The molecule has 2 heterocycles. The van der Waals surface area contributed by atoms with Crippen LogP contribution in [0.3, 0.4) is 0 Å². The highest BCUT2D eigenvalue weighted by Crippen LogP contribution is 2.37. The maximum absolute atomic E-state index is 13.6. The van der Waals surface area contributed by atoms with Gasteiger partial charge in [0.2, 0.25) is 11.1 Å². The third-order valence-corrected chi connectivity index (χ3v) is 6.35. The van der Waals surface area contributed by atoms with E-state index in [2.05, 4.69) is 60.7 Å². The van der Waals surface area contributed by atoms with E-state index in [1.807, 2.05) is 35.9 Å². The summed E-state index contributed by atoms with van der Waals surface area (Å²) in [5.74, 6) is 2.31. The van der Waals surface area contributed by atoms with Crippen LogP contribution in [0.25, 0.3) is 0 Å². The highest BCUT2D eigenvalue weighted by Gasteiger charge is 2.34. The Balaban J connectivity index is 1.78. The molecular formula is C25H29N5O2S. The summed E-state index contributed by atoms with van der Waals surface area (Å²) >= 11 is 1.57. The first kappa shape index (κ1) is 22.9. The molecule has 0 fully saturated rings. The Morgan fingerprint density at radius 1 is 1.21 bits per heavy atom. The summed E-state index contributed by atoms with van der Waals surface area (Å²) in [5, 5.41) is 11.7. The minimum Gasteiger partial charge on any atom is -0.495 e. The van der Waals surface area contributed by atoms with E-state index in [0.29, 0.717) is 34.0 Å². The number of carbonyl (C=O) groups excluding carboxylic acids is 1. The Hall–Kier alpha value is -3.26. The smallest absolute Gasteiger partial charge is 0.255 e. The molecule has 0 aliphatic carbocycles. The number of fused-ring (bicyclic) bond motifs is 1. The molecule has 0 saturated carbocycles. The van der Waals surface area contributed by atoms with Crippen molar-refractivity contribution in [3.63, 3.8) is 0 Å². The molecule has 1 aromatic heterocycles. The average molecular weight is 464 g/mol. The van der Waals surface area contributed by atoms with Crippen LogP contribution in [0.5, 0.6) is 5.75 Å². The lowest BCUT2D eigenvalue weighted by Gasteiger charge is -2.29. The minimum atomic E-state index is -0.407. The SMILES string of the molecule is CCSc1nc2n(n1)C(c1ccc(C(C)C)cc1)C(C(=O)Nc1ccccc1OC)=C(C)N2. The van der Waals surface area contributed by atoms with Crippen molar-refractivity contribution >= 4 is 29.3 Å². The number of nitrogens with one attached hydrogen (secondary N) is 2. The lowest BCUT2D eigenvalue weighted by Crippen LogP contribution is -2.31. The van der Waals surface area contributed by atoms with Gasteiger partial charge in [-0.1, -0.05) is 68.9 Å². The molecule has 0 saturated heterocycles. The number of benzene rings is 2. The van der Waals surface area contributed by atoms with Gasteiger partial charge in [-0.05, 0) is 41.9 Å². The Labute approximate surface area is 198 Å². The van der Waals surface area contributed by atoms with Gasteiger partial charge < -0.3 is 15.4 Å². The summed E-state index contributed by atoms with van der Waals surface area (Å²) in [7, 11) is 1.59. The Morgan fingerprint density at radius 2 is 1.94 bits per heavy atom. The fraction of sp³-hybridized carbons (Fsp3) is 0.320. The molecule has 0 radical (unpaired) electrons. The zero-order valence-corrected chi connectivity index (χ0v) is 20.4. The van der Waals surface area contributed by atoms with E-state index in [0.717, 1.165) is 17.0 Å². The number of aromatic nitrogens is 3. The number of carbonyl (C=O) groups is 1. The number of thioether (sulfide) groups is 1. The molecule has 3 aromatic rings. The summed E-state index contributed by atoms with van der Waals surface area (Å²) in [6.45, 7) is 8.30. The number of rotatable bonds is 7. The molecule has 172 valence electrons. The fourth-order valence-electron chi connectivity index (χ4n) is 3.92. The monoisotopic (exact) mass is 463 g/mol. The molecule has 7 nitrogen and oxygen atoms in total. The quantitative estimate of drug-likeness (QED) is 0.454. The summed E-state index contributed by atoms with van der Waals surface area (Å²) < 4.78 is 7.23. The van der Waals surface area contributed by atoms with Crippen molar-refractivity contribution in [3.8, 4) is 5.75 Å². The molecule has 1 aliphatic heterocycles. The normalized spacial score (nSPS) is 15.3. The Morgan fingerprint density at radius 3 is 2.61 bits per heavy atom. The third-order valence-electron chi connectivity index (χ3n) is 5.63. The van der Waals surface area contributed by atoms with Gasteiger partial charge in [-0.3, -0.25) is 4.79 Å². The highest BCUT2D eigenvalue weighted by atomic mass is 32.2. The van der Waals surface area contributed by atoms with Gasteiger partial charge in [-0.2, -0.15) is 4.98 Å². The zero-order chi connectivity index (χ0) is 23.5. The maximum Gasteiger partial charge on any atom is 0.255 e. The fourth-order valence-corrected chi connectivity index (χ4v) is 4.48. The van der Waals surface area contributed by atoms with Gasteiger partial charge >= 0.3 is 0 Å². The molecule has 1 atom stereocenters. The summed E-state index contributed by atoms with van der Waals surface area (Å²) in [6, 6.07) is 15.4. The van der Waals surface area contributed by atoms with Gasteiger partial charge in [0, 0.05) is 5.70 Å². The first-order valence-corrected chi connectivity index (χ1v) is 12.0. The zero-order valence-electron chi connectivity index (χ0n) is 19.5. The lowest BCUT2D eigenvalue weighted by atomic mass is 9.92. The van der Waals surface area contributed by atoms with Crippen LogP contribution in [-0.2, 0) is 4.79 Å². The number of para-hydroxylation sites is 2. The van der Waals surface area contributed by atoms with Crippen molar-refractivity contribution in [2.45, 2.75) is 44.8 Å². The van der Waals surface area contributed by atoms with Gasteiger partial charge in [-0.25, -0.2) is 4.68 Å². The van der Waals surface area contributed by atoms with Gasteiger partial charge in [0.15, 0.2) is 0 Å². The van der Waals surface area contributed by atoms with Gasteiger partial charge in [0.1, 0.15) is 11.8 Å². The second kappa shape index (κ2) is 9.70. The first-order valence-electron chi connectivity index (χ1n) is 11.0. The number of allylic oxidation sites excluding steroid dienone is 1. The number of methoxy groups -OCH3 is 1. The van der Waals surface area contributed by atoms with Crippen molar-refractivity contribution in [2.75, 3.05) is 23.5 Å². The van der Waals surface area contributed by atoms with Gasteiger partial charge in [-0.15, -0.1) is 5.10 Å².